The summed E-state index contributed by atoms with van der Waals surface area (Å²) >= 11 is 1.67. The standard InChI is InChI=1S/C20H27F2IN4O5/c21-15(9-23)5-6-18(25-31)24-19(29)17-8-16(22)11-27(17)20(30)14(10-26(32)12-28)7-13-3-1-2-4-13/h5-6,9,12-14,16-17,31-32H,1-4,7-8,10-11H2,(H,24,25,29)/b6-5-,15-9+/t14-,16-,17+/m1/s1. The van der Waals surface area contributed by atoms with Gasteiger partial charge in [-0.3, -0.25) is 19.6 Å². The number of hydroxylamine groups is 2. The smallest absolute Gasteiger partial charge is 0.248 e. The first-order valence-corrected chi connectivity index (χ1v) is 11.6. The minimum absolute atomic E-state index is 0.195. The summed E-state index contributed by atoms with van der Waals surface area (Å²) in [6.07, 6.45) is 4.82. The van der Waals surface area contributed by atoms with Crippen LogP contribution >= 0.6 is 22.6 Å². The van der Waals surface area contributed by atoms with Gasteiger partial charge in [0.05, 0.1) is 19.0 Å². The molecule has 2 aliphatic rings. The summed E-state index contributed by atoms with van der Waals surface area (Å²) in [5.74, 6) is -2.87. The number of rotatable bonds is 9. The van der Waals surface area contributed by atoms with E-state index in [0.29, 0.717) is 11.5 Å². The Bertz CT molecular complexity index is 773. The number of carbonyl (C=O) groups is 3. The molecule has 0 aromatic heterocycles. The van der Waals surface area contributed by atoms with E-state index in [1.54, 1.807) is 22.6 Å². The van der Waals surface area contributed by atoms with Crippen LogP contribution in [0.3, 0.4) is 0 Å². The second kappa shape index (κ2) is 12.8. The Morgan fingerprint density at radius 1 is 1.31 bits per heavy atom. The van der Waals surface area contributed by atoms with E-state index >= 15 is 0 Å². The van der Waals surface area contributed by atoms with E-state index in [0.717, 1.165) is 46.8 Å². The van der Waals surface area contributed by atoms with Gasteiger partial charge >= 0.3 is 0 Å². The number of amides is 3. The van der Waals surface area contributed by atoms with Crippen molar-refractivity contribution >= 4 is 46.7 Å². The number of halogens is 3. The van der Waals surface area contributed by atoms with Crippen molar-refractivity contribution < 1.29 is 33.6 Å². The summed E-state index contributed by atoms with van der Waals surface area (Å²) in [7, 11) is 0. The molecule has 1 saturated carbocycles. The van der Waals surface area contributed by atoms with Crippen LogP contribution in [0.25, 0.3) is 0 Å². The zero-order valence-electron chi connectivity index (χ0n) is 17.4. The molecule has 3 N–H and O–H groups in total. The summed E-state index contributed by atoms with van der Waals surface area (Å²) in [6.45, 7) is -0.563. The van der Waals surface area contributed by atoms with E-state index < -0.39 is 35.8 Å². The molecule has 0 aromatic rings. The first kappa shape index (κ1) is 26.2. The molecule has 1 saturated heterocycles. The molecule has 2 rings (SSSR count). The van der Waals surface area contributed by atoms with Crippen LogP contribution in [-0.2, 0) is 14.4 Å². The fraction of sp³-hybridized carbons (Fsp3) is 0.600. The molecule has 0 bridgehead atoms. The average molecular weight is 568 g/mol. The van der Waals surface area contributed by atoms with Gasteiger partial charge in [-0.05, 0) is 47.1 Å². The molecule has 3 amide bonds. The Morgan fingerprint density at radius 2 is 2.00 bits per heavy atom. The molecule has 0 aromatic carbocycles. The molecule has 2 fully saturated rings. The molecule has 12 heteroatoms. The van der Waals surface area contributed by atoms with Crippen molar-refractivity contribution in [2.45, 2.75) is 50.7 Å². The monoisotopic (exact) mass is 568 g/mol. The number of likely N-dealkylation sites (tertiary alicyclic amines) is 1. The number of nitrogens with one attached hydrogen (secondary N) is 1. The Kier molecular flexibility index (Phi) is 10.5. The maximum atomic E-state index is 14.2. The Labute approximate surface area is 198 Å². The number of allylic oxidation sites excluding steroid dienone is 2. The van der Waals surface area contributed by atoms with Crippen LogP contribution in [0.2, 0.25) is 0 Å². The summed E-state index contributed by atoms with van der Waals surface area (Å²) in [5, 5.41) is 24.2. The van der Waals surface area contributed by atoms with E-state index in [1.807, 2.05) is 0 Å². The lowest BCUT2D eigenvalue weighted by Gasteiger charge is -2.30. The van der Waals surface area contributed by atoms with Crippen molar-refractivity contribution in [1.82, 2.24) is 15.3 Å². The number of amidine groups is 1. The number of carbonyl (C=O) groups excluding carboxylic acids is 3. The van der Waals surface area contributed by atoms with E-state index in [1.165, 1.54) is 0 Å². The van der Waals surface area contributed by atoms with Crippen molar-refractivity contribution in [2.75, 3.05) is 13.1 Å². The predicted molar refractivity (Wildman–Crippen MR) is 119 cm³/mol. The second-order valence-corrected chi connectivity index (χ2v) is 8.57. The highest BCUT2D eigenvalue weighted by molar-refractivity contribution is 14.1. The van der Waals surface area contributed by atoms with Crippen LogP contribution in [0, 0.1) is 11.8 Å². The SMILES string of the molecule is O=CN(O)C[C@@H](CC1CCCC1)C(=O)N1C[C@H](F)C[C@H]1C(=O)NC(/C=C\C(F)=C/I)=N\O. The van der Waals surface area contributed by atoms with E-state index in [-0.39, 0.29) is 37.7 Å². The minimum atomic E-state index is -1.44. The molecule has 0 unspecified atom stereocenters. The molecular formula is C20H27F2IN4O5. The highest BCUT2D eigenvalue weighted by atomic mass is 127. The molecule has 3 atom stereocenters. The summed E-state index contributed by atoms with van der Waals surface area (Å²) in [6, 6.07) is -1.18. The lowest BCUT2D eigenvalue weighted by molar-refractivity contribution is -0.158. The van der Waals surface area contributed by atoms with Crippen molar-refractivity contribution in [3.8, 4) is 0 Å². The van der Waals surface area contributed by atoms with Crippen molar-refractivity contribution in [3.05, 3.63) is 22.1 Å². The van der Waals surface area contributed by atoms with Crippen molar-refractivity contribution in [3.63, 3.8) is 0 Å². The molecule has 1 aliphatic carbocycles. The highest BCUT2D eigenvalue weighted by Crippen LogP contribution is 2.32. The first-order chi connectivity index (χ1) is 15.3. The van der Waals surface area contributed by atoms with Gasteiger partial charge in [-0.2, -0.15) is 0 Å². The molecule has 0 radical (unpaired) electrons. The predicted octanol–water partition coefficient (Wildman–Crippen LogP) is 2.68. The first-order valence-electron chi connectivity index (χ1n) is 10.3. The van der Waals surface area contributed by atoms with Gasteiger partial charge in [0.15, 0.2) is 5.84 Å². The third-order valence-corrected chi connectivity index (χ3v) is 6.27. The number of hydrogen-bond donors (Lipinski definition) is 3. The topological polar surface area (TPSA) is 123 Å². The maximum absolute atomic E-state index is 14.2. The van der Waals surface area contributed by atoms with Gasteiger partial charge in [-0.25, -0.2) is 13.8 Å². The minimum Gasteiger partial charge on any atom is -0.409 e. The zero-order valence-corrected chi connectivity index (χ0v) is 19.5. The van der Waals surface area contributed by atoms with Crippen LogP contribution in [0.5, 0.6) is 0 Å². The van der Waals surface area contributed by atoms with Gasteiger partial charge in [0.1, 0.15) is 18.0 Å². The molecule has 1 aliphatic heterocycles. The van der Waals surface area contributed by atoms with Crippen LogP contribution in [0.1, 0.15) is 38.5 Å². The van der Waals surface area contributed by atoms with Gasteiger partial charge in [0, 0.05) is 10.5 Å². The van der Waals surface area contributed by atoms with Gasteiger partial charge in [-0.1, -0.05) is 30.8 Å². The molecule has 32 heavy (non-hydrogen) atoms. The Hall–Kier alpha value is -2.09. The van der Waals surface area contributed by atoms with E-state index in [2.05, 4.69) is 10.5 Å². The largest absolute Gasteiger partial charge is 0.409 e. The van der Waals surface area contributed by atoms with Crippen LogP contribution < -0.4 is 5.32 Å². The van der Waals surface area contributed by atoms with Crippen LogP contribution in [0.4, 0.5) is 8.78 Å². The summed E-state index contributed by atoms with van der Waals surface area (Å²) in [4.78, 5) is 37.9. The lowest BCUT2D eigenvalue weighted by Crippen LogP contribution is -2.50. The fourth-order valence-electron chi connectivity index (χ4n) is 4.19. The van der Waals surface area contributed by atoms with Crippen molar-refractivity contribution in [1.29, 1.82) is 0 Å². The normalized spacial score (nSPS) is 23.6. The van der Waals surface area contributed by atoms with Gasteiger partial charge in [0.2, 0.25) is 18.2 Å². The molecule has 1 heterocycles. The number of nitrogens with zero attached hydrogens (tertiary/aromatic N) is 3. The van der Waals surface area contributed by atoms with Crippen molar-refractivity contribution in [2.24, 2.45) is 17.0 Å². The van der Waals surface area contributed by atoms with Gasteiger partial charge in [0.25, 0.3) is 0 Å². The third-order valence-electron chi connectivity index (χ3n) is 5.67. The highest BCUT2D eigenvalue weighted by Gasteiger charge is 2.42. The molecule has 178 valence electrons. The summed E-state index contributed by atoms with van der Waals surface area (Å²) in [5.41, 5.74) is 0. The maximum Gasteiger partial charge on any atom is 0.248 e. The van der Waals surface area contributed by atoms with Gasteiger partial charge in [-0.15, -0.1) is 0 Å². The van der Waals surface area contributed by atoms with Crippen LogP contribution in [0.15, 0.2) is 27.2 Å². The summed E-state index contributed by atoms with van der Waals surface area (Å²) < 4.78 is 28.6. The number of oxime groups is 1. The van der Waals surface area contributed by atoms with E-state index in [4.69, 9.17) is 5.21 Å². The Balaban J connectivity index is 2.14. The average Bonchev–Trinajstić information content (AvgIpc) is 3.44. The second-order valence-electron chi connectivity index (χ2n) is 7.95. The molecule has 0 spiro atoms. The van der Waals surface area contributed by atoms with Crippen LogP contribution in [-0.4, -0.2) is 69.7 Å². The molecule has 9 nitrogen and oxygen atoms in total. The fourth-order valence-corrected chi connectivity index (χ4v) is 4.39. The van der Waals surface area contributed by atoms with E-state index in [9.17, 15) is 28.4 Å². The number of alkyl halides is 1. The van der Waals surface area contributed by atoms with Gasteiger partial charge < -0.3 is 15.4 Å². The lowest BCUT2D eigenvalue weighted by atomic mass is 9.91. The zero-order chi connectivity index (χ0) is 23.7. The molecular weight excluding hydrogens is 541 g/mol. The third kappa shape index (κ3) is 7.50. The quantitative estimate of drug-likeness (QED) is 0.0577. The Morgan fingerprint density at radius 3 is 2.59 bits per heavy atom. The number of hydrogen-bond acceptors (Lipinski definition) is 6.